The molecule has 1 N–H and O–H groups in total. The second kappa shape index (κ2) is 5.43. The number of hydrogen-bond acceptors (Lipinski definition) is 5. The van der Waals surface area contributed by atoms with E-state index in [9.17, 15) is 10.1 Å². The molecule has 0 fully saturated rings. The third-order valence-corrected chi connectivity index (χ3v) is 2.82. The molecule has 0 aliphatic heterocycles. The summed E-state index contributed by atoms with van der Waals surface area (Å²) in [5.41, 5.74) is 3.26. The minimum atomic E-state index is -0.373. The van der Waals surface area contributed by atoms with Gasteiger partial charge in [0.2, 0.25) is 0 Å². The van der Waals surface area contributed by atoms with Crippen molar-refractivity contribution in [2.75, 3.05) is 5.32 Å². The smallest absolute Gasteiger partial charge is 0.274 e. The first-order valence-corrected chi connectivity index (χ1v) is 5.82. The maximum atomic E-state index is 10.9. The van der Waals surface area contributed by atoms with E-state index < -0.39 is 0 Å². The highest BCUT2D eigenvalue weighted by molar-refractivity contribution is 5.60. The molecule has 0 atom stereocenters. The highest BCUT2D eigenvalue weighted by atomic mass is 16.6. The molecule has 0 amide bonds. The van der Waals surface area contributed by atoms with E-state index in [1.165, 1.54) is 0 Å². The van der Waals surface area contributed by atoms with Gasteiger partial charge in [-0.2, -0.15) is 0 Å². The Morgan fingerprint density at radius 2 is 2.05 bits per heavy atom. The Morgan fingerprint density at radius 1 is 1.26 bits per heavy atom. The van der Waals surface area contributed by atoms with E-state index in [4.69, 9.17) is 0 Å². The fourth-order valence-electron chi connectivity index (χ4n) is 1.84. The summed E-state index contributed by atoms with van der Waals surface area (Å²) in [5, 5.41) is 14.1. The maximum Gasteiger partial charge on any atom is 0.274 e. The van der Waals surface area contributed by atoms with Crippen molar-refractivity contribution in [3.63, 3.8) is 0 Å². The van der Waals surface area contributed by atoms with Gasteiger partial charge in [0, 0.05) is 29.7 Å². The van der Waals surface area contributed by atoms with Crippen LogP contribution in [0.3, 0.4) is 0 Å². The molecular formula is C13H14N4O2. The number of rotatable bonds is 4. The SMILES string of the molecule is Cc1cc(C)c([N+](=O)[O-])cc1NCc1cnccn1. The Balaban J connectivity index is 2.21. The number of hydrogen-bond donors (Lipinski definition) is 1. The van der Waals surface area contributed by atoms with Crippen LogP contribution in [0.15, 0.2) is 30.7 Å². The largest absolute Gasteiger partial charge is 0.379 e. The van der Waals surface area contributed by atoms with Gasteiger partial charge in [0.1, 0.15) is 0 Å². The van der Waals surface area contributed by atoms with Crippen LogP contribution in [-0.4, -0.2) is 14.9 Å². The second-order valence-corrected chi connectivity index (χ2v) is 4.26. The van der Waals surface area contributed by atoms with E-state index in [0.717, 1.165) is 16.9 Å². The summed E-state index contributed by atoms with van der Waals surface area (Å²) in [6.45, 7) is 4.13. The van der Waals surface area contributed by atoms with Crippen LogP contribution >= 0.6 is 0 Å². The molecule has 0 bridgehead atoms. The van der Waals surface area contributed by atoms with Gasteiger partial charge < -0.3 is 5.32 Å². The van der Waals surface area contributed by atoms with Crippen molar-refractivity contribution in [3.8, 4) is 0 Å². The molecule has 0 saturated heterocycles. The number of aryl methyl sites for hydroxylation is 2. The van der Waals surface area contributed by atoms with Gasteiger partial charge in [-0.25, -0.2) is 0 Å². The van der Waals surface area contributed by atoms with Crippen molar-refractivity contribution in [2.45, 2.75) is 20.4 Å². The number of aromatic nitrogens is 2. The molecule has 0 aliphatic carbocycles. The lowest BCUT2D eigenvalue weighted by Crippen LogP contribution is -2.04. The quantitative estimate of drug-likeness (QED) is 0.673. The van der Waals surface area contributed by atoms with Gasteiger partial charge in [-0.05, 0) is 25.5 Å². The molecule has 1 aromatic heterocycles. The summed E-state index contributed by atoms with van der Waals surface area (Å²) in [4.78, 5) is 18.7. The van der Waals surface area contributed by atoms with Crippen LogP contribution in [0.25, 0.3) is 0 Å². The van der Waals surface area contributed by atoms with Crippen LogP contribution in [-0.2, 0) is 6.54 Å². The summed E-state index contributed by atoms with van der Waals surface area (Å²) < 4.78 is 0. The molecule has 1 aromatic carbocycles. The molecule has 19 heavy (non-hydrogen) atoms. The molecule has 1 heterocycles. The normalized spacial score (nSPS) is 10.2. The predicted octanol–water partition coefficient (Wildman–Crippen LogP) is 2.61. The molecule has 0 radical (unpaired) electrons. The molecule has 0 saturated carbocycles. The van der Waals surface area contributed by atoms with Crippen molar-refractivity contribution in [1.29, 1.82) is 0 Å². The standard InChI is InChI=1S/C13H14N4O2/c1-9-5-10(2)13(17(18)19)6-12(9)16-8-11-7-14-3-4-15-11/h3-7,16H,8H2,1-2H3. The number of nitrogens with zero attached hydrogens (tertiary/aromatic N) is 3. The summed E-state index contributed by atoms with van der Waals surface area (Å²) in [5.74, 6) is 0. The second-order valence-electron chi connectivity index (χ2n) is 4.26. The fourth-order valence-corrected chi connectivity index (χ4v) is 1.84. The molecule has 2 aromatic rings. The van der Waals surface area contributed by atoms with Crippen molar-refractivity contribution in [2.24, 2.45) is 0 Å². The maximum absolute atomic E-state index is 10.9. The number of nitro groups is 1. The molecule has 0 aliphatic rings. The Bertz CT molecular complexity index is 599. The van der Waals surface area contributed by atoms with Crippen LogP contribution in [0, 0.1) is 24.0 Å². The lowest BCUT2D eigenvalue weighted by Gasteiger charge is -2.10. The van der Waals surface area contributed by atoms with Crippen molar-refractivity contribution >= 4 is 11.4 Å². The van der Waals surface area contributed by atoms with E-state index >= 15 is 0 Å². The topological polar surface area (TPSA) is 81.0 Å². The third kappa shape index (κ3) is 3.04. The number of benzene rings is 1. The third-order valence-electron chi connectivity index (χ3n) is 2.82. The molecule has 0 unspecified atom stereocenters. The number of anilines is 1. The zero-order chi connectivity index (χ0) is 13.8. The lowest BCUT2D eigenvalue weighted by atomic mass is 10.1. The molecule has 6 nitrogen and oxygen atoms in total. The first-order valence-electron chi connectivity index (χ1n) is 5.82. The summed E-state index contributed by atoms with van der Waals surface area (Å²) in [6.07, 6.45) is 4.87. The summed E-state index contributed by atoms with van der Waals surface area (Å²) in [6, 6.07) is 3.36. The lowest BCUT2D eigenvalue weighted by molar-refractivity contribution is -0.385. The highest BCUT2D eigenvalue weighted by Gasteiger charge is 2.13. The molecular weight excluding hydrogens is 244 g/mol. The van der Waals surface area contributed by atoms with Crippen LogP contribution in [0.2, 0.25) is 0 Å². The van der Waals surface area contributed by atoms with Crippen molar-refractivity contribution in [3.05, 3.63) is 57.7 Å². The number of nitro benzene ring substituents is 1. The minimum Gasteiger partial charge on any atom is -0.379 e. The van der Waals surface area contributed by atoms with Crippen LogP contribution in [0.1, 0.15) is 16.8 Å². The molecule has 98 valence electrons. The Labute approximate surface area is 110 Å². The van der Waals surface area contributed by atoms with E-state index in [1.807, 2.05) is 6.92 Å². The van der Waals surface area contributed by atoms with Crippen molar-refractivity contribution < 1.29 is 4.92 Å². The van der Waals surface area contributed by atoms with Crippen LogP contribution in [0.4, 0.5) is 11.4 Å². The van der Waals surface area contributed by atoms with E-state index in [0.29, 0.717) is 12.1 Å². The van der Waals surface area contributed by atoms with Crippen LogP contribution < -0.4 is 5.32 Å². The average molecular weight is 258 g/mol. The first-order chi connectivity index (χ1) is 9.08. The first kappa shape index (κ1) is 12.9. The summed E-state index contributed by atoms with van der Waals surface area (Å²) >= 11 is 0. The zero-order valence-corrected chi connectivity index (χ0v) is 10.8. The average Bonchev–Trinajstić information content (AvgIpc) is 2.38. The van der Waals surface area contributed by atoms with Gasteiger partial charge in [-0.3, -0.25) is 20.1 Å². The fraction of sp³-hybridized carbons (Fsp3) is 0.231. The van der Waals surface area contributed by atoms with Gasteiger partial charge in [-0.15, -0.1) is 0 Å². The van der Waals surface area contributed by atoms with Gasteiger partial charge in [0.05, 0.1) is 23.4 Å². The Morgan fingerprint density at radius 3 is 2.68 bits per heavy atom. The van der Waals surface area contributed by atoms with Gasteiger partial charge in [0.15, 0.2) is 0 Å². The molecule has 2 rings (SSSR count). The monoisotopic (exact) mass is 258 g/mol. The van der Waals surface area contributed by atoms with Gasteiger partial charge in [-0.1, -0.05) is 0 Å². The van der Waals surface area contributed by atoms with Crippen molar-refractivity contribution in [1.82, 2.24) is 9.97 Å². The molecule has 6 heteroatoms. The van der Waals surface area contributed by atoms with E-state index in [-0.39, 0.29) is 10.6 Å². The van der Waals surface area contributed by atoms with Gasteiger partial charge >= 0.3 is 0 Å². The zero-order valence-electron chi connectivity index (χ0n) is 10.8. The number of nitrogens with one attached hydrogen (secondary N) is 1. The van der Waals surface area contributed by atoms with E-state index in [2.05, 4.69) is 15.3 Å². The summed E-state index contributed by atoms with van der Waals surface area (Å²) in [7, 11) is 0. The Hall–Kier alpha value is -2.50. The van der Waals surface area contributed by atoms with Crippen LogP contribution in [0.5, 0.6) is 0 Å². The van der Waals surface area contributed by atoms with Gasteiger partial charge in [0.25, 0.3) is 5.69 Å². The predicted molar refractivity (Wildman–Crippen MR) is 71.9 cm³/mol. The van der Waals surface area contributed by atoms with E-state index in [1.54, 1.807) is 37.6 Å². The molecule has 0 spiro atoms. The minimum absolute atomic E-state index is 0.118. The Kier molecular flexibility index (Phi) is 3.70. The highest BCUT2D eigenvalue weighted by Crippen LogP contribution is 2.26.